The highest BCUT2D eigenvalue weighted by Gasteiger charge is 2.33. The van der Waals surface area contributed by atoms with E-state index in [9.17, 15) is 0 Å². The molecule has 1 aliphatic rings. The molecule has 1 aromatic carbocycles. The average Bonchev–Trinajstić information content (AvgIpc) is 3.07. The van der Waals surface area contributed by atoms with Crippen LogP contribution in [0.3, 0.4) is 0 Å². The van der Waals surface area contributed by atoms with Gasteiger partial charge in [0.1, 0.15) is 0 Å². The molecule has 1 N–H and O–H groups in total. The Morgan fingerprint density at radius 3 is 2.58 bits per heavy atom. The smallest absolute Gasteiger partial charge is 0.0234 e. The van der Waals surface area contributed by atoms with Crippen molar-refractivity contribution in [1.82, 2.24) is 10.2 Å². The van der Waals surface area contributed by atoms with Gasteiger partial charge in [0.05, 0.1) is 0 Å². The molecule has 1 aliphatic carbocycles. The van der Waals surface area contributed by atoms with Crippen LogP contribution in [0.2, 0.25) is 0 Å². The molecule has 2 unspecified atom stereocenters. The Labute approximate surface area is 118 Å². The van der Waals surface area contributed by atoms with E-state index in [4.69, 9.17) is 0 Å². The fraction of sp³-hybridized carbons (Fsp3) is 0.647. The van der Waals surface area contributed by atoms with E-state index < -0.39 is 0 Å². The molecule has 2 nitrogen and oxygen atoms in total. The largest absolute Gasteiger partial charge is 0.313 e. The van der Waals surface area contributed by atoms with E-state index in [0.717, 1.165) is 31.5 Å². The Morgan fingerprint density at radius 2 is 1.95 bits per heavy atom. The second-order valence-corrected chi connectivity index (χ2v) is 6.12. The number of hydrogen-bond acceptors (Lipinski definition) is 2. The van der Waals surface area contributed by atoms with E-state index >= 15 is 0 Å². The Hall–Kier alpha value is -0.860. The van der Waals surface area contributed by atoms with Crippen molar-refractivity contribution in [2.75, 3.05) is 20.1 Å². The number of benzene rings is 1. The zero-order valence-electron chi connectivity index (χ0n) is 12.7. The summed E-state index contributed by atoms with van der Waals surface area (Å²) in [5.41, 5.74) is 2.92. The van der Waals surface area contributed by atoms with Gasteiger partial charge >= 0.3 is 0 Å². The van der Waals surface area contributed by atoms with Gasteiger partial charge in [-0.3, -0.25) is 0 Å². The van der Waals surface area contributed by atoms with Gasteiger partial charge < -0.3 is 10.2 Å². The maximum atomic E-state index is 3.51. The highest BCUT2D eigenvalue weighted by Crippen LogP contribution is 2.38. The van der Waals surface area contributed by atoms with Crippen LogP contribution >= 0.6 is 0 Å². The van der Waals surface area contributed by atoms with Crippen LogP contribution in [-0.4, -0.2) is 25.0 Å². The summed E-state index contributed by atoms with van der Waals surface area (Å²) in [7, 11) is 2.25. The van der Waals surface area contributed by atoms with Crippen molar-refractivity contribution in [3.63, 3.8) is 0 Å². The van der Waals surface area contributed by atoms with Crippen LogP contribution in [0.1, 0.15) is 37.8 Å². The molecule has 2 rings (SSSR count). The third-order valence-corrected chi connectivity index (χ3v) is 4.12. The first-order valence-electron chi connectivity index (χ1n) is 7.66. The number of nitrogens with zero attached hydrogens (tertiary/aromatic N) is 1. The molecule has 0 saturated heterocycles. The van der Waals surface area contributed by atoms with Crippen molar-refractivity contribution < 1.29 is 0 Å². The van der Waals surface area contributed by atoms with E-state index in [1.165, 1.54) is 30.5 Å². The zero-order chi connectivity index (χ0) is 13.7. The van der Waals surface area contributed by atoms with Gasteiger partial charge in [-0.05, 0) is 49.4 Å². The molecule has 1 saturated carbocycles. The third-order valence-electron chi connectivity index (χ3n) is 4.12. The van der Waals surface area contributed by atoms with Crippen molar-refractivity contribution in [3.8, 4) is 0 Å². The number of rotatable bonds is 8. The topological polar surface area (TPSA) is 15.3 Å². The van der Waals surface area contributed by atoms with Gasteiger partial charge in [0.25, 0.3) is 0 Å². The first kappa shape index (κ1) is 14.5. The molecule has 0 heterocycles. The molecule has 1 fully saturated rings. The summed E-state index contributed by atoms with van der Waals surface area (Å²) in [6.45, 7) is 9.00. The summed E-state index contributed by atoms with van der Waals surface area (Å²) in [6.07, 6.45) is 2.62. The van der Waals surface area contributed by atoms with Crippen molar-refractivity contribution >= 4 is 0 Å². The molecule has 0 spiro atoms. The van der Waals surface area contributed by atoms with Gasteiger partial charge in [0.2, 0.25) is 0 Å². The van der Waals surface area contributed by atoms with Crippen LogP contribution < -0.4 is 5.32 Å². The lowest BCUT2D eigenvalue weighted by Gasteiger charge is -2.19. The van der Waals surface area contributed by atoms with Gasteiger partial charge in [0, 0.05) is 19.6 Å². The fourth-order valence-corrected chi connectivity index (χ4v) is 2.69. The second-order valence-electron chi connectivity index (χ2n) is 6.12. The summed E-state index contributed by atoms with van der Waals surface area (Å²) in [5, 5.41) is 3.51. The van der Waals surface area contributed by atoms with Crippen LogP contribution in [0.15, 0.2) is 24.3 Å². The van der Waals surface area contributed by atoms with E-state index in [0.29, 0.717) is 0 Å². The summed E-state index contributed by atoms with van der Waals surface area (Å²) < 4.78 is 0. The normalized spacial score (nSPS) is 21.9. The van der Waals surface area contributed by atoms with E-state index in [2.05, 4.69) is 55.4 Å². The lowest BCUT2D eigenvalue weighted by Crippen LogP contribution is -2.23. The molecule has 106 valence electrons. The Bertz CT molecular complexity index is 389. The third kappa shape index (κ3) is 4.63. The molecule has 0 aromatic heterocycles. The quantitative estimate of drug-likeness (QED) is 0.722. The van der Waals surface area contributed by atoms with Crippen LogP contribution in [0, 0.1) is 11.8 Å². The van der Waals surface area contributed by atoms with E-state index in [-0.39, 0.29) is 0 Å². The van der Waals surface area contributed by atoms with Crippen LogP contribution in [0.5, 0.6) is 0 Å². The van der Waals surface area contributed by atoms with Crippen molar-refractivity contribution in [1.29, 1.82) is 0 Å². The standard InChI is InChI=1S/C17H28N2/c1-4-9-18-11-15-7-5-6-8-16(15)12-19(3)13-17-10-14(17)2/h5-8,14,17-18H,4,9-13H2,1-3H3. The van der Waals surface area contributed by atoms with E-state index in [1.807, 2.05) is 0 Å². The van der Waals surface area contributed by atoms with Crippen molar-refractivity contribution in [3.05, 3.63) is 35.4 Å². The van der Waals surface area contributed by atoms with Crippen molar-refractivity contribution in [2.24, 2.45) is 11.8 Å². The van der Waals surface area contributed by atoms with Gasteiger partial charge in [-0.1, -0.05) is 38.1 Å². The highest BCUT2D eigenvalue weighted by atomic mass is 15.1. The molecule has 1 aromatic rings. The summed E-state index contributed by atoms with van der Waals surface area (Å²) in [6, 6.07) is 8.84. The molecule has 0 aliphatic heterocycles. The van der Waals surface area contributed by atoms with Gasteiger partial charge in [-0.25, -0.2) is 0 Å². The molecular weight excluding hydrogens is 232 g/mol. The average molecular weight is 260 g/mol. The first-order valence-corrected chi connectivity index (χ1v) is 7.66. The summed E-state index contributed by atoms with van der Waals surface area (Å²) in [5.74, 6) is 1.89. The maximum absolute atomic E-state index is 3.51. The zero-order valence-corrected chi connectivity index (χ0v) is 12.7. The minimum absolute atomic E-state index is 0.940. The Morgan fingerprint density at radius 1 is 1.26 bits per heavy atom. The molecule has 2 heteroatoms. The molecule has 0 radical (unpaired) electrons. The Balaban J connectivity index is 1.87. The van der Waals surface area contributed by atoms with Crippen LogP contribution in [-0.2, 0) is 13.1 Å². The molecular formula is C17H28N2. The van der Waals surface area contributed by atoms with Crippen molar-refractivity contribution in [2.45, 2.75) is 39.8 Å². The minimum atomic E-state index is 0.940. The molecule has 2 atom stereocenters. The predicted molar refractivity (Wildman–Crippen MR) is 82.0 cm³/mol. The second kappa shape index (κ2) is 7.06. The van der Waals surface area contributed by atoms with Gasteiger partial charge in [0.15, 0.2) is 0 Å². The monoisotopic (exact) mass is 260 g/mol. The summed E-state index contributed by atoms with van der Waals surface area (Å²) in [4.78, 5) is 2.48. The SMILES string of the molecule is CCCNCc1ccccc1CN(C)CC1CC1C. The first-order chi connectivity index (χ1) is 9.20. The molecule has 0 bridgehead atoms. The lowest BCUT2D eigenvalue weighted by molar-refractivity contribution is 0.306. The summed E-state index contributed by atoms with van der Waals surface area (Å²) >= 11 is 0. The van der Waals surface area contributed by atoms with E-state index in [1.54, 1.807) is 0 Å². The molecule has 19 heavy (non-hydrogen) atoms. The number of hydrogen-bond donors (Lipinski definition) is 1. The van der Waals surface area contributed by atoms with Gasteiger partial charge in [-0.2, -0.15) is 0 Å². The number of nitrogens with one attached hydrogen (secondary N) is 1. The maximum Gasteiger partial charge on any atom is 0.0234 e. The van der Waals surface area contributed by atoms with Crippen LogP contribution in [0.4, 0.5) is 0 Å². The van der Waals surface area contributed by atoms with Crippen LogP contribution in [0.25, 0.3) is 0 Å². The predicted octanol–water partition coefficient (Wildman–Crippen LogP) is 3.27. The van der Waals surface area contributed by atoms with Gasteiger partial charge in [-0.15, -0.1) is 0 Å². The highest BCUT2D eigenvalue weighted by molar-refractivity contribution is 5.27. The Kier molecular flexibility index (Phi) is 5.41. The fourth-order valence-electron chi connectivity index (χ4n) is 2.69. The minimum Gasteiger partial charge on any atom is -0.313 e. The molecule has 0 amide bonds. The lowest BCUT2D eigenvalue weighted by atomic mass is 10.1.